The molecule has 0 aliphatic carbocycles. The van der Waals surface area contributed by atoms with Crippen LogP contribution in [0.3, 0.4) is 0 Å². The highest BCUT2D eigenvalue weighted by atomic mass is 32.2. The van der Waals surface area contributed by atoms with Crippen LogP contribution in [0, 0.1) is 17.7 Å². The van der Waals surface area contributed by atoms with E-state index in [2.05, 4.69) is 26.9 Å². The Morgan fingerprint density at radius 1 is 1.21 bits per heavy atom. The predicted molar refractivity (Wildman–Crippen MR) is 126 cm³/mol. The predicted octanol–water partition coefficient (Wildman–Crippen LogP) is 3.67. The van der Waals surface area contributed by atoms with Crippen LogP contribution in [-0.4, -0.2) is 33.3 Å². The molecule has 0 saturated carbocycles. The van der Waals surface area contributed by atoms with Crippen molar-refractivity contribution in [1.29, 1.82) is 0 Å². The lowest BCUT2D eigenvalue weighted by Gasteiger charge is -2.35. The van der Waals surface area contributed by atoms with Crippen molar-refractivity contribution < 1.29 is 23.3 Å². The fourth-order valence-corrected chi connectivity index (χ4v) is 3.77. The summed E-state index contributed by atoms with van der Waals surface area (Å²) in [5.41, 5.74) is -0.185. The molecule has 0 saturated heterocycles. The molecule has 2 rings (SSSR count). The number of hydrogen-bond donors (Lipinski definition) is 2. The van der Waals surface area contributed by atoms with Gasteiger partial charge in [-0.05, 0) is 65.0 Å². The molecule has 0 aliphatic heterocycles. The maximum absolute atomic E-state index is 14.9. The molecule has 33 heavy (non-hydrogen) atoms. The van der Waals surface area contributed by atoms with E-state index in [-0.39, 0.29) is 23.4 Å². The van der Waals surface area contributed by atoms with E-state index in [9.17, 15) is 18.5 Å². The first-order chi connectivity index (χ1) is 15.4. The molecule has 0 fully saturated rings. The summed E-state index contributed by atoms with van der Waals surface area (Å²) in [4.78, 5) is 28.8. The van der Waals surface area contributed by atoms with Crippen LogP contribution in [0.15, 0.2) is 36.5 Å². The molecule has 2 aromatic rings. The van der Waals surface area contributed by atoms with Crippen molar-refractivity contribution in [2.75, 3.05) is 12.4 Å². The molecule has 1 heterocycles. The molecule has 176 valence electrons. The maximum Gasteiger partial charge on any atom is 0.307 e. The van der Waals surface area contributed by atoms with Crippen molar-refractivity contribution in [2.24, 2.45) is 0 Å². The van der Waals surface area contributed by atoms with Gasteiger partial charge in [-0.25, -0.2) is 9.37 Å². The summed E-state index contributed by atoms with van der Waals surface area (Å²) in [6, 6.07) is 7.19. The number of amides is 1. The summed E-state index contributed by atoms with van der Waals surface area (Å²) in [7, 11) is 1.22. The summed E-state index contributed by atoms with van der Waals surface area (Å²) in [6.07, 6.45) is 1.21. The van der Waals surface area contributed by atoms with Gasteiger partial charge in [0.15, 0.2) is 0 Å². The number of pyridine rings is 1. The van der Waals surface area contributed by atoms with Crippen LogP contribution in [0.5, 0.6) is 0 Å². The summed E-state index contributed by atoms with van der Waals surface area (Å²) in [6.45, 7) is 8.53. The molecule has 1 amide bonds. The maximum atomic E-state index is 14.9. The smallest absolute Gasteiger partial charge is 0.307 e. The van der Waals surface area contributed by atoms with E-state index in [4.69, 9.17) is 4.74 Å². The van der Waals surface area contributed by atoms with Crippen molar-refractivity contribution in [3.8, 4) is 11.8 Å². The number of halogens is 1. The van der Waals surface area contributed by atoms with Gasteiger partial charge in [-0.2, -0.15) is 0 Å². The number of nitrogens with one attached hydrogen (secondary N) is 2. The van der Waals surface area contributed by atoms with E-state index in [1.807, 2.05) is 0 Å². The standard InChI is InChI=1S/C24H28FN3O4S/c1-7-8-16-9-12-20(26-15-16)22(30)27-17-10-11-19(25)18(13-17)24(5,14-21(29)32-6)28-33(31)23(2,3)4/h9-13,15,28H,14H2,1-6H3,(H,27,30)/t24-,33+/m0/s1. The Kier molecular flexibility index (Phi) is 8.61. The van der Waals surface area contributed by atoms with Crippen molar-refractivity contribution in [2.45, 2.75) is 51.3 Å². The number of anilines is 1. The number of carbonyl (C=O) groups is 2. The van der Waals surface area contributed by atoms with Gasteiger partial charge in [0.2, 0.25) is 0 Å². The van der Waals surface area contributed by atoms with Crippen molar-refractivity contribution in [3.63, 3.8) is 0 Å². The minimum Gasteiger partial charge on any atom is -0.598 e. The number of nitrogens with zero attached hydrogens (tertiary/aromatic N) is 1. The van der Waals surface area contributed by atoms with Gasteiger partial charge in [-0.1, -0.05) is 5.92 Å². The molecule has 1 aromatic carbocycles. The summed E-state index contributed by atoms with van der Waals surface area (Å²) in [5.74, 6) is 3.87. The van der Waals surface area contributed by atoms with E-state index in [0.717, 1.165) is 0 Å². The fraction of sp³-hybridized carbons (Fsp3) is 0.375. The Labute approximate surface area is 196 Å². The van der Waals surface area contributed by atoms with Crippen LogP contribution < -0.4 is 10.0 Å². The highest BCUT2D eigenvalue weighted by Crippen LogP contribution is 2.32. The van der Waals surface area contributed by atoms with Gasteiger partial charge in [0.1, 0.15) is 16.3 Å². The largest absolute Gasteiger partial charge is 0.598 e. The first-order valence-electron chi connectivity index (χ1n) is 10.2. The van der Waals surface area contributed by atoms with E-state index in [0.29, 0.717) is 5.56 Å². The van der Waals surface area contributed by atoms with E-state index >= 15 is 0 Å². The van der Waals surface area contributed by atoms with Gasteiger partial charge in [0.05, 0.1) is 19.1 Å². The number of aromatic nitrogens is 1. The van der Waals surface area contributed by atoms with Gasteiger partial charge in [0.25, 0.3) is 5.91 Å². The van der Waals surface area contributed by atoms with Gasteiger partial charge < -0.3 is 14.6 Å². The number of rotatable bonds is 7. The number of hydrogen-bond acceptors (Lipinski definition) is 6. The normalized spacial score (nSPS) is 13.8. The summed E-state index contributed by atoms with van der Waals surface area (Å²) in [5, 5.41) is 2.68. The molecule has 2 atom stereocenters. The Balaban J connectivity index is 2.38. The third kappa shape index (κ3) is 7.02. The quantitative estimate of drug-likeness (QED) is 0.361. The lowest BCUT2D eigenvalue weighted by atomic mass is 9.89. The van der Waals surface area contributed by atoms with Crippen molar-refractivity contribution in [1.82, 2.24) is 9.71 Å². The monoisotopic (exact) mass is 473 g/mol. The van der Waals surface area contributed by atoms with E-state index < -0.39 is 39.3 Å². The van der Waals surface area contributed by atoms with Crippen LogP contribution in [0.1, 0.15) is 62.7 Å². The number of carbonyl (C=O) groups excluding carboxylic acids is 2. The lowest BCUT2D eigenvalue weighted by molar-refractivity contribution is -0.142. The van der Waals surface area contributed by atoms with Crippen LogP contribution in [-0.2, 0) is 26.4 Å². The molecular formula is C24H28FN3O4S. The van der Waals surface area contributed by atoms with Crippen molar-refractivity contribution >= 4 is 28.9 Å². The molecule has 7 nitrogen and oxygen atoms in total. The number of methoxy groups -OCH3 is 1. The number of esters is 1. The second-order valence-corrected chi connectivity index (χ2v) is 10.5. The van der Waals surface area contributed by atoms with E-state index in [1.54, 1.807) is 40.7 Å². The van der Waals surface area contributed by atoms with Crippen LogP contribution in [0.25, 0.3) is 0 Å². The average molecular weight is 474 g/mol. The molecule has 0 bridgehead atoms. The molecule has 0 unspecified atom stereocenters. The van der Waals surface area contributed by atoms with E-state index in [1.165, 1.54) is 37.6 Å². The Morgan fingerprint density at radius 2 is 1.91 bits per heavy atom. The second-order valence-electron chi connectivity index (χ2n) is 8.52. The molecular weight excluding hydrogens is 445 g/mol. The Hall–Kier alpha value is -2.93. The Morgan fingerprint density at radius 3 is 2.45 bits per heavy atom. The number of benzene rings is 1. The third-order valence-corrected chi connectivity index (χ3v) is 6.43. The van der Waals surface area contributed by atoms with Crippen LogP contribution in [0.4, 0.5) is 10.1 Å². The summed E-state index contributed by atoms with van der Waals surface area (Å²) >= 11 is -1.62. The zero-order valence-electron chi connectivity index (χ0n) is 19.5. The SMILES string of the molecule is CC#Cc1ccc(C(=O)Nc2ccc(F)c([C@](C)(CC(=O)OC)N[S@+]([O-])C(C)(C)C)c2)nc1. The average Bonchev–Trinajstić information content (AvgIpc) is 2.74. The first-order valence-corrected chi connectivity index (χ1v) is 11.3. The van der Waals surface area contributed by atoms with Gasteiger partial charge in [-0.15, -0.1) is 10.6 Å². The van der Waals surface area contributed by atoms with Crippen LogP contribution in [0.2, 0.25) is 0 Å². The zero-order chi connectivity index (χ0) is 24.8. The van der Waals surface area contributed by atoms with Crippen molar-refractivity contribution in [3.05, 3.63) is 59.2 Å². The topological polar surface area (TPSA) is 103 Å². The molecule has 1 aromatic heterocycles. The van der Waals surface area contributed by atoms with Gasteiger partial charge in [0, 0.05) is 34.4 Å². The number of ether oxygens (including phenoxy) is 1. The zero-order valence-corrected chi connectivity index (χ0v) is 20.4. The Bertz CT molecular complexity index is 1070. The minimum absolute atomic E-state index is 0.0600. The highest BCUT2D eigenvalue weighted by molar-refractivity contribution is 7.90. The molecule has 0 aliphatic rings. The fourth-order valence-electron chi connectivity index (χ4n) is 2.87. The summed E-state index contributed by atoms with van der Waals surface area (Å²) < 4.78 is 34.7. The lowest BCUT2D eigenvalue weighted by Crippen LogP contribution is -2.51. The first kappa shape index (κ1) is 26.3. The molecule has 0 spiro atoms. The molecule has 0 radical (unpaired) electrons. The van der Waals surface area contributed by atoms with Gasteiger partial charge >= 0.3 is 5.97 Å². The highest BCUT2D eigenvalue weighted by Gasteiger charge is 2.41. The van der Waals surface area contributed by atoms with Gasteiger partial charge in [-0.3, -0.25) is 9.59 Å². The van der Waals surface area contributed by atoms with Crippen LogP contribution >= 0.6 is 0 Å². The minimum atomic E-state index is -1.62. The molecule has 9 heteroatoms. The second kappa shape index (κ2) is 10.8. The third-order valence-electron chi connectivity index (χ3n) is 4.68. The molecule has 2 N–H and O–H groups in total.